The Kier molecular flexibility index (Phi) is 5.03. The van der Waals surface area contributed by atoms with E-state index in [0.717, 1.165) is 16.6 Å². The predicted molar refractivity (Wildman–Crippen MR) is 81.2 cm³/mol. The Bertz CT molecular complexity index is 617. The number of ether oxygens (including phenoxy) is 2. The summed E-state index contributed by atoms with van der Waals surface area (Å²) in [6.07, 6.45) is 0.974. The van der Waals surface area contributed by atoms with Crippen molar-refractivity contribution in [1.82, 2.24) is 0 Å². The first-order valence-electron chi connectivity index (χ1n) is 6.33. The summed E-state index contributed by atoms with van der Waals surface area (Å²) < 4.78 is 12.1. The van der Waals surface area contributed by atoms with Gasteiger partial charge in [0.05, 0.1) is 12.2 Å². The summed E-state index contributed by atoms with van der Waals surface area (Å²) in [6, 6.07) is 14.8. The van der Waals surface area contributed by atoms with Gasteiger partial charge >= 0.3 is 0 Å². The summed E-state index contributed by atoms with van der Waals surface area (Å²) in [5.41, 5.74) is 0.500. The molecule has 0 atom stereocenters. The van der Waals surface area contributed by atoms with Crippen molar-refractivity contribution in [2.75, 3.05) is 6.61 Å². The zero-order chi connectivity index (χ0) is 14.4. The molecule has 2 aromatic carbocycles. The van der Waals surface area contributed by atoms with E-state index in [2.05, 4.69) is 28.9 Å². The molecule has 0 unspecified atom stereocenters. The Morgan fingerprint density at radius 3 is 2.45 bits per heavy atom. The second kappa shape index (κ2) is 6.97. The topological polar surface area (TPSA) is 42.2 Å². The smallest absolute Gasteiger partial charge is 0.146 e. The van der Waals surface area contributed by atoms with E-state index in [0.29, 0.717) is 23.7 Å². The molecule has 20 heavy (non-hydrogen) atoms. The highest BCUT2D eigenvalue weighted by Crippen LogP contribution is 2.29. The Morgan fingerprint density at radius 2 is 1.80 bits per heavy atom. The monoisotopic (exact) mass is 331 g/mol. The number of halogens is 1. The van der Waals surface area contributed by atoms with Crippen molar-refractivity contribution in [2.45, 2.75) is 13.3 Å². The van der Waals surface area contributed by atoms with Crippen LogP contribution in [-0.4, -0.2) is 6.61 Å². The van der Waals surface area contributed by atoms with E-state index >= 15 is 0 Å². The van der Waals surface area contributed by atoms with Crippen LogP contribution in [0.15, 0.2) is 46.9 Å². The van der Waals surface area contributed by atoms with Gasteiger partial charge in [0.1, 0.15) is 23.3 Å². The second-order valence-electron chi connectivity index (χ2n) is 4.17. The number of hydrogen-bond acceptors (Lipinski definition) is 3. The standard InChI is InChI=1S/C16H14BrNO2/c1-2-9-19-14-5-7-15(8-6-14)20-16-10-13(17)4-3-12(16)11-18/h3-8,10H,2,9H2,1H3. The zero-order valence-corrected chi connectivity index (χ0v) is 12.7. The third-order valence-electron chi connectivity index (χ3n) is 2.59. The Labute approximate surface area is 126 Å². The molecule has 0 aliphatic rings. The van der Waals surface area contributed by atoms with Crippen molar-refractivity contribution in [3.05, 3.63) is 52.5 Å². The van der Waals surface area contributed by atoms with E-state index < -0.39 is 0 Å². The lowest BCUT2D eigenvalue weighted by Crippen LogP contribution is -1.94. The molecule has 0 bridgehead atoms. The molecule has 0 heterocycles. The van der Waals surface area contributed by atoms with E-state index in [9.17, 15) is 0 Å². The van der Waals surface area contributed by atoms with E-state index in [4.69, 9.17) is 14.7 Å². The third kappa shape index (κ3) is 3.75. The number of hydrogen-bond donors (Lipinski definition) is 0. The first-order valence-corrected chi connectivity index (χ1v) is 7.12. The van der Waals surface area contributed by atoms with Gasteiger partial charge in [-0.15, -0.1) is 0 Å². The van der Waals surface area contributed by atoms with Crippen molar-refractivity contribution in [3.8, 4) is 23.3 Å². The molecule has 4 heteroatoms. The van der Waals surface area contributed by atoms with E-state index in [1.54, 1.807) is 12.1 Å². The molecule has 0 aromatic heterocycles. The maximum Gasteiger partial charge on any atom is 0.146 e. The lowest BCUT2D eigenvalue weighted by Gasteiger charge is -2.09. The normalized spacial score (nSPS) is 9.85. The quantitative estimate of drug-likeness (QED) is 0.782. The summed E-state index contributed by atoms with van der Waals surface area (Å²) in [4.78, 5) is 0. The Morgan fingerprint density at radius 1 is 1.10 bits per heavy atom. The molecule has 0 amide bonds. The molecular formula is C16H14BrNO2. The van der Waals surface area contributed by atoms with Crippen LogP contribution in [0.3, 0.4) is 0 Å². The van der Waals surface area contributed by atoms with Crippen LogP contribution >= 0.6 is 15.9 Å². The average molecular weight is 332 g/mol. The highest BCUT2D eigenvalue weighted by molar-refractivity contribution is 9.10. The lowest BCUT2D eigenvalue weighted by molar-refractivity contribution is 0.317. The predicted octanol–water partition coefficient (Wildman–Crippen LogP) is 4.90. The van der Waals surface area contributed by atoms with Crippen LogP contribution in [-0.2, 0) is 0 Å². The van der Waals surface area contributed by atoms with Crippen molar-refractivity contribution in [2.24, 2.45) is 0 Å². The fourth-order valence-electron chi connectivity index (χ4n) is 1.62. The fraction of sp³-hybridized carbons (Fsp3) is 0.188. The van der Waals surface area contributed by atoms with Crippen LogP contribution in [0.25, 0.3) is 0 Å². The van der Waals surface area contributed by atoms with Gasteiger partial charge < -0.3 is 9.47 Å². The molecule has 0 aliphatic carbocycles. The van der Waals surface area contributed by atoms with Gasteiger partial charge in [-0.05, 0) is 48.9 Å². The fourth-order valence-corrected chi connectivity index (χ4v) is 1.96. The maximum atomic E-state index is 9.06. The van der Waals surface area contributed by atoms with Gasteiger partial charge in [0, 0.05) is 4.47 Å². The average Bonchev–Trinajstić information content (AvgIpc) is 2.47. The molecule has 0 spiro atoms. The molecular weight excluding hydrogens is 318 g/mol. The van der Waals surface area contributed by atoms with Gasteiger partial charge in [0.15, 0.2) is 0 Å². The summed E-state index contributed by atoms with van der Waals surface area (Å²) in [5.74, 6) is 2.02. The van der Waals surface area contributed by atoms with Gasteiger partial charge in [0.2, 0.25) is 0 Å². The number of benzene rings is 2. The maximum absolute atomic E-state index is 9.06. The van der Waals surface area contributed by atoms with Gasteiger partial charge in [-0.2, -0.15) is 5.26 Å². The van der Waals surface area contributed by atoms with Gasteiger partial charge in [0.25, 0.3) is 0 Å². The van der Waals surface area contributed by atoms with Crippen LogP contribution in [0, 0.1) is 11.3 Å². The SMILES string of the molecule is CCCOc1ccc(Oc2cc(Br)ccc2C#N)cc1. The van der Waals surface area contributed by atoms with Crippen molar-refractivity contribution < 1.29 is 9.47 Å². The highest BCUT2D eigenvalue weighted by Gasteiger charge is 2.05. The second-order valence-corrected chi connectivity index (χ2v) is 5.09. The van der Waals surface area contributed by atoms with Crippen molar-refractivity contribution >= 4 is 15.9 Å². The molecule has 102 valence electrons. The Balaban J connectivity index is 2.14. The summed E-state index contributed by atoms with van der Waals surface area (Å²) in [6.45, 7) is 2.76. The van der Waals surface area contributed by atoms with Gasteiger partial charge in [-0.3, -0.25) is 0 Å². The minimum atomic E-state index is 0.500. The molecule has 0 fully saturated rings. The van der Waals surface area contributed by atoms with Gasteiger partial charge in [-0.1, -0.05) is 22.9 Å². The minimum Gasteiger partial charge on any atom is -0.494 e. The molecule has 0 saturated heterocycles. The minimum absolute atomic E-state index is 0.500. The van der Waals surface area contributed by atoms with Crippen LogP contribution in [0.5, 0.6) is 17.2 Å². The molecule has 2 aromatic rings. The summed E-state index contributed by atoms with van der Waals surface area (Å²) >= 11 is 3.37. The number of nitriles is 1. The van der Waals surface area contributed by atoms with Crippen LogP contribution in [0.2, 0.25) is 0 Å². The first kappa shape index (κ1) is 14.4. The molecule has 0 aliphatic heterocycles. The van der Waals surface area contributed by atoms with Gasteiger partial charge in [-0.25, -0.2) is 0 Å². The summed E-state index contributed by atoms with van der Waals surface area (Å²) in [7, 11) is 0. The van der Waals surface area contributed by atoms with Crippen LogP contribution in [0.4, 0.5) is 0 Å². The molecule has 0 saturated carbocycles. The van der Waals surface area contributed by atoms with Crippen LogP contribution < -0.4 is 9.47 Å². The Hall–Kier alpha value is -1.99. The first-order chi connectivity index (χ1) is 9.72. The highest BCUT2D eigenvalue weighted by atomic mass is 79.9. The molecule has 0 N–H and O–H groups in total. The zero-order valence-electron chi connectivity index (χ0n) is 11.1. The largest absolute Gasteiger partial charge is 0.494 e. The molecule has 3 nitrogen and oxygen atoms in total. The third-order valence-corrected chi connectivity index (χ3v) is 3.08. The molecule has 0 radical (unpaired) electrons. The number of nitrogens with zero attached hydrogens (tertiary/aromatic N) is 1. The van der Waals surface area contributed by atoms with E-state index in [1.165, 1.54) is 0 Å². The van der Waals surface area contributed by atoms with Crippen molar-refractivity contribution in [3.63, 3.8) is 0 Å². The number of rotatable bonds is 5. The van der Waals surface area contributed by atoms with Crippen LogP contribution in [0.1, 0.15) is 18.9 Å². The van der Waals surface area contributed by atoms with E-state index in [-0.39, 0.29) is 0 Å². The lowest BCUT2D eigenvalue weighted by atomic mass is 10.2. The molecule has 2 rings (SSSR count). The van der Waals surface area contributed by atoms with E-state index in [1.807, 2.05) is 30.3 Å². The van der Waals surface area contributed by atoms with Crippen molar-refractivity contribution in [1.29, 1.82) is 5.26 Å². The summed E-state index contributed by atoms with van der Waals surface area (Å²) in [5, 5.41) is 9.06.